The molecule has 34 heavy (non-hydrogen) atoms. The zero-order chi connectivity index (χ0) is 24.9. The maximum Gasteiger partial charge on any atom is 0.338 e. The van der Waals surface area contributed by atoms with E-state index in [-0.39, 0.29) is 22.8 Å². The van der Waals surface area contributed by atoms with Gasteiger partial charge in [0.2, 0.25) is 15.8 Å². The van der Waals surface area contributed by atoms with E-state index in [4.69, 9.17) is 9.47 Å². The Morgan fingerprint density at radius 3 is 2.35 bits per heavy atom. The molecule has 7 nitrogen and oxygen atoms in total. The number of methoxy groups -OCH3 is 1. The van der Waals surface area contributed by atoms with E-state index < -0.39 is 45.6 Å². The Labute approximate surface area is 195 Å². The smallest absolute Gasteiger partial charge is 0.338 e. The van der Waals surface area contributed by atoms with Crippen molar-refractivity contribution in [3.05, 3.63) is 95.1 Å². The highest BCUT2D eigenvalue weighted by molar-refractivity contribution is 7.89. The normalized spacial score (nSPS) is 11.3. The minimum atomic E-state index is -4.08. The van der Waals surface area contributed by atoms with E-state index in [0.717, 1.165) is 28.1 Å². The SMILES string of the molecule is COc1ccc(C(=O)OCC(=O)c2cc(F)ccc2F)cc1S(=O)(=O)N(C)Cc1ccccc1. The molecule has 0 radical (unpaired) electrons. The first kappa shape index (κ1) is 25.0. The molecular formula is C24H21F2NO6S. The second-order valence-electron chi connectivity index (χ2n) is 7.24. The van der Waals surface area contributed by atoms with E-state index in [1.807, 2.05) is 6.07 Å². The number of benzene rings is 3. The number of hydrogen-bond donors (Lipinski definition) is 0. The van der Waals surface area contributed by atoms with Crippen LogP contribution in [0.5, 0.6) is 5.75 Å². The van der Waals surface area contributed by atoms with Crippen LogP contribution in [0.3, 0.4) is 0 Å². The zero-order valence-corrected chi connectivity index (χ0v) is 19.1. The number of halogens is 2. The minimum Gasteiger partial charge on any atom is -0.495 e. The number of esters is 1. The molecule has 3 rings (SSSR count). The van der Waals surface area contributed by atoms with Gasteiger partial charge in [0.15, 0.2) is 6.61 Å². The number of rotatable bonds is 9. The van der Waals surface area contributed by atoms with Gasteiger partial charge in [-0.05, 0) is 42.0 Å². The van der Waals surface area contributed by atoms with E-state index in [0.29, 0.717) is 6.07 Å². The minimum absolute atomic E-state index is 0.00868. The Kier molecular flexibility index (Phi) is 7.75. The number of hydrogen-bond acceptors (Lipinski definition) is 6. The molecule has 3 aromatic carbocycles. The average molecular weight is 489 g/mol. The summed E-state index contributed by atoms with van der Waals surface area (Å²) in [6, 6.07) is 14.9. The van der Waals surface area contributed by atoms with E-state index >= 15 is 0 Å². The number of ketones is 1. The fourth-order valence-corrected chi connectivity index (χ4v) is 4.44. The second kappa shape index (κ2) is 10.5. The van der Waals surface area contributed by atoms with Crippen LogP contribution in [0.25, 0.3) is 0 Å². The predicted molar refractivity (Wildman–Crippen MR) is 119 cm³/mol. The monoisotopic (exact) mass is 489 g/mol. The number of sulfonamides is 1. The first-order valence-corrected chi connectivity index (χ1v) is 11.4. The van der Waals surface area contributed by atoms with Crippen LogP contribution in [0.15, 0.2) is 71.6 Å². The molecule has 3 aromatic rings. The molecule has 0 heterocycles. The van der Waals surface area contributed by atoms with Crippen LogP contribution in [0.1, 0.15) is 26.3 Å². The third-order valence-electron chi connectivity index (χ3n) is 4.90. The molecule has 0 bridgehead atoms. The highest BCUT2D eigenvalue weighted by atomic mass is 32.2. The van der Waals surface area contributed by atoms with Crippen molar-refractivity contribution in [2.75, 3.05) is 20.8 Å². The summed E-state index contributed by atoms with van der Waals surface area (Å²) in [7, 11) is -1.40. The molecule has 0 spiro atoms. The Hall–Kier alpha value is -3.63. The van der Waals surface area contributed by atoms with Crippen LogP contribution in [0.4, 0.5) is 8.78 Å². The topological polar surface area (TPSA) is 90.0 Å². The van der Waals surface area contributed by atoms with Gasteiger partial charge in [-0.3, -0.25) is 4.79 Å². The van der Waals surface area contributed by atoms with Crippen LogP contribution >= 0.6 is 0 Å². The van der Waals surface area contributed by atoms with Gasteiger partial charge in [-0.1, -0.05) is 30.3 Å². The lowest BCUT2D eigenvalue weighted by molar-refractivity contribution is 0.0473. The van der Waals surface area contributed by atoms with Gasteiger partial charge in [0.05, 0.1) is 18.2 Å². The van der Waals surface area contributed by atoms with Gasteiger partial charge >= 0.3 is 5.97 Å². The summed E-state index contributed by atoms with van der Waals surface area (Å²) < 4.78 is 64.6. The van der Waals surface area contributed by atoms with Crippen molar-refractivity contribution >= 4 is 21.8 Å². The summed E-state index contributed by atoms with van der Waals surface area (Å²) in [5, 5.41) is 0. The Balaban J connectivity index is 1.80. The molecule has 0 atom stereocenters. The third-order valence-corrected chi connectivity index (χ3v) is 6.72. The van der Waals surface area contributed by atoms with Gasteiger partial charge in [-0.15, -0.1) is 0 Å². The largest absolute Gasteiger partial charge is 0.495 e. The standard InChI is InChI=1S/C24H21F2NO6S/c1-27(14-16-6-4-3-5-7-16)34(30,31)23-12-17(8-11-22(23)32-2)24(29)33-15-21(28)19-13-18(25)9-10-20(19)26/h3-13H,14-15H2,1-2H3. The van der Waals surface area contributed by atoms with E-state index in [2.05, 4.69) is 0 Å². The average Bonchev–Trinajstić information content (AvgIpc) is 2.83. The van der Waals surface area contributed by atoms with Gasteiger partial charge in [-0.25, -0.2) is 22.0 Å². The highest BCUT2D eigenvalue weighted by Gasteiger charge is 2.27. The fourth-order valence-electron chi connectivity index (χ4n) is 3.10. The summed E-state index contributed by atoms with van der Waals surface area (Å²) in [6.07, 6.45) is 0. The lowest BCUT2D eigenvalue weighted by Gasteiger charge is -2.19. The van der Waals surface area contributed by atoms with Crippen LogP contribution in [-0.2, 0) is 21.3 Å². The number of nitrogens with zero attached hydrogens (tertiary/aromatic N) is 1. The molecule has 0 saturated carbocycles. The molecule has 0 N–H and O–H groups in total. The second-order valence-corrected chi connectivity index (χ2v) is 9.25. The molecule has 10 heteroatoms. The number of carbonyl (C=O) groups excluding carboxylic acids is 2. The van der Waals surface area contributed by atoms with E-state index in [1.165, 1.54) is 26.3 Å². The van der Waals surface area contributed by atoms with Gasteiger partial charge in [0.25, 0.3) is 0 Å². The van der Waals surface area contributed by atoms with Crippen LogP contribution in [-0.4, -0.2) is 45.2 Å². The number of Topliss-reactive ketones (excluding diaryl/α,β-unsaturated/α-hetero) is 1. The van der Waals surface area contributed by atoms with Crippen LogP contribution < -0.4 is 4.74 Å². The Morgan fingerprint density at radius 1 is 0.971 bits per heavy atom. The Morgan fingerprint density at radius 2 is 1.68 bits per heavy atom. The van der Waals surface area contributed by atoms with Crippen molar-refractivity contribution in [2.24, 2.45) is 0 Å². The summed E-state index contributed by atoms with van der Waals surface area (Å²) in [6.45, 7) is -0.782. The van der Waals surface area contributed by atoms with Gasteiger partial charge in [-0.2, -0.15) is 4.31 Å². The molecule has 0 unspecified atom stereocenters. The number of ether oxygens (including phenoxy) is 2. The maximum atomic E-state index is 13.8. The van der Waals surface area contributed by atoms with Crippen molar-refractivity contribution in [1.29, 1.82) is 0 Å². The van der Waals surface area contributed by atoms with Crippen LogP contribution in [0.2, 0.25) is 0 Å². The molecule has 178 valence electrons. The molecular weight excluding hydrogens is 468 g/mol. The van der Waals surface area contributed by atoms with E-state index in [9.17, 15) is 26.8 Å². The molecule has 0 aliphatic rings. The van der Waals surface area contributed by atoms with Gasteiger partial charge in [0, 0.05) is 13.6 Å². The van der Waals surface area contributed by atoms with Crippen molar-refractivity contribution in [1.82, 2.24) is 4.31 Å². The molecule has 0 saturated heterocycles. The van der Waals surface area contributed by atoms with Crippen molar-refractivity contribution in [2.45, 2.75) is 11.4 Å². The fraction of sp³-hybridized carbons (Fsp3) is 0.167. The summed E-state index contributed by atoms with van der Waals surface area (Å²) in [4.78, 5) is 24.3. The predicted octanol–water partition coefficient (Wildman–Crippen LogP) is 3.83. The molecule has 0 fully saturated rings. The summed E-state index contributed by atoms with van der Waals surface area (Å²) in [5.41, 5.74) is 0.0273. The van der Waals surface area contributed by atoms with Crippen molar-refractivity contribution in [3.63, 3.8) is 0 Å². The van der Waals surface area contributed by atoms with Crippen molar-refractivity contribution in [3.8, 4) is 5.75 Å². The van der Waals surface area contributed by atoms with Crippen molar-refractivity contribution < 1.29 is 36.3 Å². The summed E-state index contributed by atoms with van der Waals surface area (Å²) in [5.74, 6) is -3.74. The van der Waals surface area contributed by atoms with Gasteiger partial charge < -0.3 is 9.47 Å². The molecule has 0 aromatic heterocycles. The zero-order valence-electron chi connectivity index (χ0n) is 18.3. The molecule has 0 aliphatic heterocycles. The van der Waals surface area contributed by atoms with Gasteiger partial charge in [0.1, 0.15) is 22.3 Å². The number of carbonyl (C=O) groups is 2. The molecule has 0 aliphatic carbocycles. The maximum absolute atomic E-state index is 13.8. The van der Waals surface area contributed by atoms with E-state index in [1.54, 1.807) is 24.3 Å². The van der Waals surface area contributed by atoms with Crippen LogP contribution in [0, 0.1) is 11.6 Å². The summed E-state index contributed by atoms with van der Waals surface area (Å²) >= 11 is 0. The first-order chi connectivity index (χ1) is 16.1. The lowest BCUT2D eigenvalue weighted by atomic mass is 10.1. The lowest BCUT2D eigenvalue weighted by Crippen LogP contribution is -2.27. The first-order valence-electron chi connectivity index (χ1n) is 9.97. The Bertz CT molecular complexity index is 1310. The quantitative estimate of drug-likeness (QED) is 0.335. The highest BCUT2D eigenvalue weighted by Crippen LogP contribution is 2.28. The molecule has 0 amide bonds. The third kappa shape index (κ3) is 5.64.